The summed E-state index contributed by atoms with van der Waals surface area (Å²) in [5.41, 5.74) is 0.782. The maximum atomic E-state index is 12.5. The number of hydrogen-bond donors (Lipinski definition) is 2. The number of carbonyl (C=O) groups excluding carboxylic acids is 2. The molecule has 144 valence electrons. The average Bonchev–Trinajstić information content (AvgIpc) is 3.21. The molecule has 0 unspecified atom stereocenters. The molecule has 2 aromatic carbocycles. The fraction of sp³-hybridized carbons (Fsp3) is 0.118. The second kappa shape index (κ2) is 7.86. The molecule has 11 heteroatoms. The lowest BCUT2D eigenvalue weighted by molar-refractivity contribution is -0.123. The van der Waals surface area contributed by atoms with Crippen molar-refractivity contribution in [3.63, 3.8) is 0 Å². The highest BCUT2D eigenvalue weighted by Gasteiger charge is 2.28. The zero-order valence-electron chi connectivity index (χ0n) is 14.1. The van der Waals surface area contributed by atoms with Crippen LogP contribution in [0.4, 0.5) is 18.9 Å². The van der Waals surface area contributed by atoms with Crippen LogP contribution in [0.15, 0.2) is 54.9 Å². The molecule has 28 heavy (non-hydrogen) atoms. The number of anilines is 1. The normalized spacial score (nSPS) is 11.1. The monoisotopic (exact) mass is 390 g/mol. The molecule has 0 aliphatic heterocycles. The van der Waals surface area contributed by atoms with Gasteiger partial charge in [-0.3, -0.25) is 9.59 Å². The number of alkyl halides is 3. The van der Waals surface area contributed by atoms with Crippen LogP contribution >= 0.6 is 0 Å². The standard InChI is InChI=1S/C17H13F3N6O2/c18-17(19,20)9-21-16(28)13-6-1-2-7-14(13)23-15(27)11-4-3-5-12(8-11)26-10-22-24-25-26/h1-8,10H,9H2,(H,21,28)(H,23,27). The van der Waals surface area contributed by atoms with E-state index in [0.717, 1.165) is 0 Å². The molecule has 0 aliphatic rings. The highest BCUT2D eigenvalue weighted by atomic mass is 19.4. The Kier molecular flexibility index (Phi) is 5.34. The predicted molar refractivity (Wildman–Crippen MR) is 91.9 cm³/mol. The summed E-state index contributed by atoms with van der Waals surface area (Å²) in [6.45, 7) is -1.47. The van der Waals surface area contributed by atoms with Crippen molar-refractivity contribution in [1.29, 1.82) is 0 Å². The van der Waals surface area contributed by atoms with Gasteiger partial charge in [-0.25, -0.2) is 4.68 Å². The zero-order valence-corrected chi connectivity index (χ0v) is 14.1. The number of halogens is 3. The first-order valence-corrected chi connectivity index (χ1v) is 7.92. The van der Waals surface area contributed by atoms with Crippen molar-refractivity contribution >= 4 is 17.5 Å². The first kappa shape index (κ1) is 19.0. The SMILES string of the molecule is O=C(Nc1ccccc1C(=O)NCC(F)(F)F)c1cccc(-n2cnnn2)c1. The molecule has 0 bridgehead atoms. The van der Waals surface area contributed by atoms with Crippen LogP contribution in [0.5, 0.6) is 0 Å². The number of amides is 2. The lowest BCUT2D eigenvalue weighted by atomic mass is 10.1. The van der Waals surface area contributed by atoms with Crippen LogP contribution in [0, 0.1) is 0 Å². The maximum absolute atomic E-state index is 12.5. The molecule has 0 spiro atoms. The Labute approximate surface area is 156 Å². The summed E-state index contributed by atoms with van der Waals surface area (Å²) in [7, 11) is 0. The molecule has 0 atom stereocenters. The molecule has 0 fully saturated rings. The third kappa shape index (κ3) is 4.69. The molecule has 1 heterocycles. The molecule has 1 aromatic heterocycles. The van der Waals surface area contributed by atoms with Gasteiger partial charge in [-0.2, -0.15) is 13.2 Å². The molecular formula is C17H13F3N6O2. The van der Waals surface area contributed by atoms with Gasteiger partial charge in [-0.05, 0) is 40.8 Å². The van der Waals surface area contributed by atoms with Gasteiger partial charge in [0.1, 0.15) is 12.9 Å². The lowest BCUT2D eigenvalue weighted by Gasteiger charge is -2.13. The molecule has 2 N–H and O–H groups in total. The van der Waals surface area contributed by atoms with Gasteiger partial charge in [-0.15, -0.1) is 5.10 Å². The molecule has 2 amide bonds. The van der Waals surface area contributed by atoms with Crippen LogP contribution < -0.4 is 10.6 Å². The summed E-state index contributed by atoms with van der Waals surface area (Å²) >= 11 is 0. The Bertz CT molecular complexity index is 989. The fourth-order valence-corrected chi connectivity index (χ4v) is 2.33. The van der Waals surface area contributed by atoms with Crippen molar-refractivity contribution in [2.75, 3.05) is 11.9 Å². The van der Waals surface area contributed by atoms with Gasteiger partial charge in [0.05, 0.1) is 16.9 Å². The van der Waals surface area contributed by atoms with Crippen LogP contribution in [0.1, 0.15) is 20.7 Å². The number of nitrogens with one attached hydrogen (secondary N) is 2. The maximum Gasteiger partial charge on any atom is 0.405 e. The minimum Gasteiger partial charge on any atom is -0.343 e. The third-order valence-electron chi connectivity index (χ3n) is 3.59. The van der Waals surface area contributed by atoms with Gasteiger partial charge in [0, 0.05) is 5.56 Å². The van der Waals surface area contributed by atoms with Crippen molar-refractivity contribution in [3.8, 4) is 5.69 Å². The topological polar surface area (TPSA) is 102 Å². The first-order valence-electron chi connectivity index (χ1n) is 7.92. The van der Waals surface area contributed by atoms with Gasteiger partial charge in [0.15, 0.2) is 0 Å². The summed E-state index contributed by atoms with van der Waals surface area (Å²) in [5, 5.41) is 15.1. The summed E-state index contributed by atoms with van der Waals surface area (Å²) in [6, 6.07) is 12.1. The van der Waals surface area contributed by atoms with Crippen LogP contribution in [-0.2, 0) is 0 Å². The molecule has 0 aliphatic carbocycles. The Balaban J connectivity index is 1.78. The smallest absolute Gasteiger partial charge is 0.343 e. The largest absolute Gasteiger partial charge is 0.405 e. The summed E-state index contributed by atoms with van der Waals surface area (Å²) in [4.78, 5) is 24.6. The molecular weight excluding hydrogens is 377 g/mol. The van der Waals surface area contributed by atoms with Crippen molar-refractivity contribution in [2.24, 2.45) is 0 Å². The molecule has 0 saturated carbocycles. The highest BCUT2D eigenvalue weighted by Crippen LogP contribution is 2.18. The van der Waals surface area contributed by atoms with Crippen LogP contribution in [0.2, 0.25) is 0 Å². The Morgan fingerprint density at radius 1 is 1.04 bits per heavy atom. The number of para-hydroxylation sites is 1. The van der Waals surface area contributed by atoms with Crippen molar-refractivity contribution < 1.29 is 22.8 Å². The Morgan fingerprint density at radius 3 is 2.54 bits per heavy atom. The van der Waals surface area contributed by atoms with Gasteiger partial charge >= 0.3 is 6.18 Å². The first-order chi connectivity index (χ1) is 13.3. The minimum absolute atomic E-state index is 0.0833. The summed E-state index contributed by atoms with van der Waals surface area (Å²) in [5.74, 6) is -1.50. The van der Waals surface area contributed by atoms with Crippen LogP contribution in [-0.4, -0.2) is 44.7 Å². The zero-order chi connectivity index (χ0) is 20.1. The molecule has 8 nitrogen and oxygen atoms in total. The second-order valence-corrected chi connectivity index (χ2v) is 5.60. The van der Waals surface area contributed by atoms with Crippen molar-refractivity contribution in [1.82, 2.24) is 25.5 Å². The number of carbonyl (C=O) groups is 2. The van der Waals surface area contributed by atoms with Crippen LogP contribution in [0.3, 0.4) is 0 Å². The van der Waals surface area contributed by atoms with E-state index in [1.54, 1.807) is 23.5 Å². The number of tetrazole rings is 1. The number of nitrogens with zero attached hydrogens (tertiary/aromatic N) is 4. The van der Waals surface area contributed by atoms with E-state index in [1.165, 1.54) is 41.3 Å². The fourth-order valence-electron chi connectivity index (χ4n) is 2.33. The van der Waals surface area contributed by atoms with E-state index in [-0.39, 0.29) is 16.8 Å². The number of benzene rings is 2. The molecule has 0 saturated heterocycles. The van der Waals surface area contributed by atoms with E-state index < -0.39 is 24.5 Å². The van der Waals surface area contributed by atoms with Gasteiger partial charge in [0.25, 0.3) is 11.8 Å². The van der Waals surface area contributed by atoms with E-state index in [4.69, 9.17) is 0 Å². The quantitative estimate of drug-likeness (QED) is 0.696. The lowest BCUT2D eigenvalue weighted by Crippen LogP contribution is -2.34. The van der Waals surface area contributed by atoms with Crippen LogP contribution in [0.25, 0.3) is 5.69 Å². The van der Waals surface area contributed by atoms with E-state index >= 15 is 0 Å². The summed E-state index contributed by atoms with van der Waals surface area (Å²) in [6.07, 6.45) is -3.18. The second-order valence-electron chi connectivity index (χ2n) is 5.60. The minimum atomic E-state index is -4.54. The number of rotatable bonds is 5. The van der Waals surface area contributed by atoms with Gasteiger partial charge < -0.3 is 10.6 Å². The van der Waals surface area contributed by atoms with E-state index in [1.807, 2.05) is 0 Å². The Hall–Kier alpha value is -3.76. The highest BCUT2D eigenvalue weighted by molar-refractivity contribution is 6.09. The number of hydrogen-bond acceptors (Lipinski definition) is 5. The van der Waals surface area contributed by atoms with Gasteiger partial charge in [0.2, 0.25) is 0 Å². The average molecular weight is 390 g/mol. The van der Waals surface area contributed by atoms with E-state index in [2.05, 4.69) is 20.8 Å². The molecule has 3 rings (SSSR count). The number of aromatic nitrogens is 4. The summed E-state index contributed by atoms with van der Waals surface area (Å²) < 4.78 is 38.3. The molecule has 3 aromatic rings. The molecule has 0 radical (unpaired) electrons. The van der Waals surface area contributed by atoms with Gasteiger partial charge in [-0.1, -0.05) is 18.2 Å². The predicted octanol–water partition coefficient (Wildman–Crippen LogP) is 2.21. The Morgan fingerprint density at radius 2 is 1.82 bits per heavy atom. The third-order valence-corrected chi connectivity index (χ3v) is 3.59. The van der Waals surface area contributed by atoms with E-state index in [9.17, 15) is 22.8 Å². The van der Waals surface area contributed by atoms with Crippen molar-refractivity contribution in [2.45, 2.75) is 6.18 Å². The van der Waals surface area contributed by atoms with Crippen molar-refractivity contribution in [3.05, 3.63) is 66.0 Å². The van der Waals surface area contributed by atoms with E-state index in [0.29, 0.717) is 5.69 Å².